The number of amides is 2. The highest BCUT2D eigenvalue weighted by Gasteiger charge is 2.25. The number of benzene rings is 1. The fourth-order valence-corrected chi connectivity index (χ4v) is 3.57. The van der Waals surface area contributed by atoms with E-state index in [4.69, 9.17) is 4.84 Å². The van der Waals surface area contributed by atoms with Gasteiger partial charge < -0.3 is 15.2 Å². The number of nitrogens with one attached hydrogen (secondary N) is 3. The summed E-state index contributed by atoms with van der Waals surface area (Å²) in [5, 5.41) is 2.86. The van der Waals surface area contributed by atoms with Crippen molar-refractivity contribution in [3.05, 3.63) is 52.3 Å². The van der Waals surface area contributed by atoms with Gasteiger partial charge in [0.2, 0.25) is 0 Å². The molecule has 2 aromatic rings. The van der Waals surface area contributed by atoms with Gasteiger partial charge in [0.15, 0.2) is 0 Å². The van der Waals surface area contributed by atoms with Crippen LogP contribution in [0.15, 0.2) is 24.3 Å². The predicted molar refractivity (Wildman–Crippen MR) is 114 cm³/mol. The fourth-order valence-electron chi connectivity index (χ4n) is 3.57. The molecule has 154 valence electrons. The lowest BCUT2D eigenvalue weighted by atomic mass is 10.0. The Balaban J connectivity index is 1.74. The van der Waals surface area contributed by atoms with Crippen molar-refractivity contribution in [2.45, 2.75) is 27.7 Å². The quantitative estimate of drug-likeness (QED) is 0.364. The van der Waals surface area contributed by atoms with Crippen molar-refractivity contribution >= 4 is 29.2 Å². The monoisotopic (exact) mass is 396 g/mol. The number of aromatic nitrogens is 1. The second kappa shape index (κ2) is 9.07. The van der Waals surface area contributed by atoms with Gasteiger partial charge in [-0.25, -0.2) is 5.48 Å². The molecule has 0 saturated carbocycles. The zero-order valence-electron chi connectivity index (χ0n) is 17.4. The molecule has 2 amide bonds. The van der Waals surface area contributed by atoms with Crippen molar-refractivity contribution in [3.8, 4) is 0 Å². The van der Waals surface area contributed by atoms with Gasteiger partial charge in [-0.15, -0.1) is 0 Å². The van der Waals surface area contributed by atoms with Crippen molar-refractivity contribution in [2.24, 2.45) is 0 Å². The van der Waals surface area contributed by atoms with Gasteiger partial charge in [0.05, 0.1) is 17.7 Å². The third kappa shape index (κ3) is 4.41. The Morgan fingerprint density at radius 2 is 1.93 bits per heavy atom. The van der Waals surface area contributed by atoms with Gasteiger partial charge in [-0.2, -0.15) is 0 Å². The number of carbonyl (C=O) groups excluding carboxylic acids is 2. The number of para-hydroxylation sites is 1. The maximum atomic E-state index is 12.6. The number of fused-ring (bicyclic) bond motifs is 1. The summed E-state index contributed by atoms with van der Waals surface area (Å²) in [7, 11) is 0. The second-order valence-corrected chi connectivity index (χ2v) is 7.03. The Labute approximate surface area is 171 Å². The van der Waals surface area contributed by atoms with E-state index in [-0.39, 0.29) is 11.8 Å². The van der Waals surface area contributed by atoms with Gasteiger partial charge in [-0.1, -0.05) is 32.0 Å². The smallest absolute Gasteiger partial charge is 0.276 e. The highest BCUT2D eigenvalue weighted by atomic mass is 16.6. The first-order valence-corrected chi connectivity index (χ1v) is 9.92. The Hall–Kier alpha value is -2.90. The van der Waals surface area contributed by atoms with E-state index >= 15 is 0 Å². The highest BCUT2D eigenvalue weighted by molar-refractivity contribution is 6.34. The SMILES string of the molecule is CCN(CC)CCONC(=O)c1c(C)[nH]c(/C=C2\C(=O)Nc3ccccc32)c1C. The van der Waals surface area contributed by atoms with Gasteiger partial charge in [0, 0.05) is 29.2 Å². The summed E-state index contributed by atoms with van der Waals surface area (Å²) in [6, 6.07) is 7.56. The number of hydrogen-bond acceptors (Lipinski definition) is 4. The normalized spacial score (nSPS) is 14.4. The van der Waals surface area contributed by atoms with Crippen LogP contribution in [0.1, 0.15) is 46.7 Å². The predicted octanol–water partition coefficient (Wildman–Crippen LogP) is 3.13. The van der Waals surface area contributed by atoms with Crippen LogP contribution in [-0.4, -0.2) is 47.9 Å². The molecule has 1 aliphatic heterocycles. The molecule has 29 heavy (non-hydrogen) atoms. The number of carbonyl (C=O) groups is 2. The summed E-state index contributed by atoms with van der Waals surface area (Å²) < 4.78 is 0. The molecule has 7 heteroatoms. The lowest BCUT2D eigenvalue weighted by Crippen LogP contribution is -2.31. The lowest BCUT2D eigenvalue weighted by molar-refractivity contribution is -0.110. The van der Waals surface area contributed by atoms with Crippen LogP contribution < -0.4 is 10.8 Å². The van der Waals surface area contributed by atoms with Crippen molar-refractivity contribution in [3.63, 3.8) is 0 Å². The highest BCUT2D eigenvalue weighted by Crippen LogP contribution is 2.33. The van der Waals surface area contributed by atoms with E-state index in [1.54, 1.807) is 6.08 Å². The molecule has 0 radical (unpaired) electrons. The minimum absolute atomic E-state index is 0.149. The molecule has 2 heterocycles. The Morgan fingerprint density at radius 3 is 2.66 bits per heavy atom. The standard InChI is InChI=1S/C22H28N4O3/c1-5-26(6-2)11-12-29-25-22(28)20-14(3)19(23-15(20)4)13-17-16-9-7-8-10-18(16)24-21(17)27/h7-10,13,23H,5-6,11-12H2,1-4H3,(H,24,27)(H,25,28)/b17-13-. The Bertz CT molecular complexity index is 942. The van der Waals surface area contributed by atoms with E-state index in [0.717, 1.165) is 47.8 Å². The summed E-state index contributed by atoms with van der Waals surface area (Å²) >= 11 is 0. The van der Waals surface area contributed by atoms with E-state index in [0.29, 0.717) is 17.7 Å². The van der Waals surface area contributed by atoms with Crippen molar-refractivity contribution in [1.82, 2.24) is 15.4 Å². The molecule has 7 nitrogen and oxygen atoms in total. The zero-order valence-corrected chi connectivity index (χ0v) is 17.4. The van der Waals surface area contributed by atoms with Gasteiger partial charge in [0.25, 0.3) is 11.8 Å². The summed E-state index contributed by atoms with van der Waals surface area (Å²) in [5.74, 6) is -0.444. The number of H-pyrrole nitrogens is 1. The zero-order chi connectivity index (χ0) is 21.0. The number of anilines is 1. The van der Waals surface area contributed by atoms with E-state index < -0.39 is 0 Å². The van der Waals surface area contributed by atoms with Crippen LogP contribution in [-0.2, 0) is 9.63 Å². The third-order valence-electron chi connectivity index (χ3n) is 5.27. The molecule has 0 bridgehead atoms. The molecule has 0 spiro atoms. The minimum atomic E-state index is -0.295. The molecule has 0 fully saturated rings. The summed E-state index contributed by atoms with van der Waals surface area (Å²) in [6.07, 6.45) is 1.79. The van der Waals surface area contributed by atoms with Crippen LogP contribution in [0.3, 0.4) is 0 Å². The second-order valence-electron chi connectivity index (χ2n) is 7.03. The van der Waals surface area contributed by atoms with Crippen LogP contribution in [0.25, 0.3) is 11.6 Å². The Kier molecular flexibility index (Phi) is 6.51. The minimum Gasteiger partial charge on any atom is -0.358 e. The molecule has 0 unspecified atom stereocenters. The van der Waals surface area contributed by atoms with Gasteiger partial charge in [-0.3, -0.25) is 14.4 Å². The van der Waals surface area contributed by atoms with Crippen LogP contribution in [0.2, 0.25) is 0 Å². The largest absolute Gasteiger partial charge is 0.358 e. The first kappa shape index (κ1) is 20.8. The number of rotatable bonds is 8. The van der Waals surface area contributed by atoms with E-state index in [1.807, 2.05) is 38.1 Å². The van der Waals surface area contributed by atoms with E-state index in [9.17, 15) is 9.59 Å². The van der Waals surface area contributed by atoms with Crippen LogP contribution >= 0.6 is 0 Å². The summed E-state index contributed by atoms with van der Waals surface area (Å²) in [4.78, 5) is 35.8. The lowest BCUT2D eigenvalue weighted by Gasteiger charge is -2.17. The molecular weight excluding hydrogens is 368 g/mol. The summed E-state index contributed by atoms with van der Waals surface area (Å²) in [6.45, 7) is 10.9. The van der Waals surface area contributed by atoms with Crippen LogP contribution in [0.4, 0.5) is 5.69 Å². The van der Waals surface area contributed by atoms with Gasteiger partial charge in [0.1, 0.15) is 0 Å². The number of aryl methyl sites for hydroxylation is 1. The van der Waals surface area contributed by atoms with Crippen LogP contribution in [0, 0.1) is 13.8 Å². The molecular formula is C22H28N4O3. The molecule has 1 aromatic heterocycles. The number of nitrogens with zero attached hydrogens (tertiary/aromatic N) is 1. The van der Waals surface area contributed by atoms with E-state index in [1.165, 1.54) is 0 Å². The molecule has 0 atom stereocenters. The van der Waals surface area contributed by atoms with E-state index in [2.05, 4.69) is 34.5 Å². The fraction of sp³-hybridized carbons (Fsp3) is 0.364. The third-order valence-corrected chi connectivity index (χ3v) is 5.27. The first-order chi connectivity index (χ1) is 14.0. The molecule has 0 aliphatic carbocycles. The average Bonchev–Trinajstić information content (AvgIpc) is 3.17. The van der Waals surface area contributed by atoms with Gasteiger partial charge >= 0.3 is 0 Å². The molecule has 1 aliphatic rings. The average molecular weight is 396 g/mol. The molecule has 0 saturated heterocycles. The van der Waals surface area contributed by atoms with Crippen molar-refractivity contribution in [2.75, 3.05) is 31.6 Å². The summed E-state index contributed by atoms with van der Waals surface area (Å²) in [5.41, 5.74) is 7.53. The number of likely N-dealkylation sites (N-methyl/N-ethyl adjacent to an activating group) is 1. The Morgan fingerprint density at radius 1 is 1.21 bits per heavy atom. The number of hydrogen-bond donors (Lipinski definition) is 3. The van der Waals surface area contributed by atoms with Crippen molar-refractivity contribution < 1.29 is 14.4 Å². The molecule has 3 N–H and O–H groups in total. The number of aromatic amines is 1. The van der Waals surface area contributed by atoms with Gasteiger partial charge in [-0.05, 0) is 44.6 Å². The first-order valence-electron chi connectivity index (χ1n) is 9.92. The molecule has 3 rings (SSSR count). The maximum absolute atomic E-state index is 12.6. The number of hydroxylamine groups is 1. The van der Waals surface area contributed by atoms with Crippen molar-refractivity contribution in [1.29, 1.82) is 0 Å². The molecule has 1 aromatic carbocycles. The topological polar surface area (TPSA) is 86.5 Å². The maximum Gasteiger partial charge on any atom is 0.276 e. The van der Waals surface area contributed by atoms with Crippen LogP contribution in [0.5, 0.6) is 0 Å².